The Bertz CT molecular complexity index is 401. The second-order valence-corrected chi connectivity index (χ2v) is 6.85. The van der Waals surface area contributed by atoms with E-state index in [-0.39, 0.29) is 0 Å². The molecule has 4 heteroatoms. The molecule has 0 radical (unpaired) electrons. The van der Waals surface area contributed by atoms with E-state index in [1.54, 1.807) is 0 Å². The van der Waals surface area contributed by atoms with Crippen LogP contribution in [0.3, 0.4) is 0 Å². The summed E-state index contributed by atoms with van der Waals surface area (Å²) in [7, 11) is 0. The van der Waals surface area contributed by atoms with Gasteiger partial charge in [-0.2, -0.15) is 0 Å². The average Bonchev–Trinajstić information content (AvgIpc) is 2.43. The largest absolute Gasteiger partial charge is 0.381 e. The molecule has 1 fully saturated rings. The van der Waals surface area contributed by atoms with Crippen molar-refractivity contribution in [2.45, 2.75) is 38.6 Å². The second-order valence-electron chi connectivity index (χ2n) is 5.50. The first-order valence-electron chi connectivity index (χ1n) is 7.46. The summed E-state index contributed by atoms with van der Waals surface area (Å²) in [5, 5.41) is 4.46. The van der Waals surface area contributed by atoms with Gasteiger partial charge >= 0.3 is 0 Å². The van der Waals surface area contributed by atoms with Crippen LogP contribution in [0.4, 0.5) is 0 Å². The van der Waals surface area contributed by atoms with E-state index in [1.807, 2.05) is 6.07 Å². The Morgan fingerprint density at radius 2 is 2.10 bits per heavy atom. The number of rotatable bonds is 6. The van der Waals surface area contributed by atoms with Crippen molar-refractivity contribution in [2.24, 2.45) is 5.92 Å². The molecule has 1 saturated heterocycles. The lowest BCUT2D eigenvalue weighted by Crippen LogP contribution is -2.27. The molecule has 20 heavy (non-hydrogen) atoms. The molecule has 1 aromatic rings. The molecule has 1 aliphatic rings. The molecular weight excluding hydrogens is 338 g/mol. The van der Waals surface area contributed by atoms with Crippen LogP contribution >= 0.6 is 27.5 Å². The van der Waals surface area contributed by atoms with Crippen LogP contribution in [0, 0.1) is 5.92 Å². The molecular formula is C16H23BrClNO. The highest BCUT2D eigenvalue weighted by Crippen LogP contribution is 2.30. The van der Waals surface area contributed by atoms with Crippen molar-refractivity contribution in [3.63, 3.8) is 0 Å². The van der Waals surface area contributed by atoms with Crippen LogP contribution in [-0.2, 0) is 4.74 Å². The summed E-state index contributed by atoms with van der Waals surface area (Å²) < 4.78 is 6.51. The van der Waals surface area contributed by atoms with Crippen molar-refractivity contribution in [2.75, 3.05) is 19.8 Å². The van der Waals surface area contributed by atoms with E-state index in [0.717, 1.165) is 48.0 Å². The normalized spacial score (nSPS) is 18.1. The van der Waals surface area contributed by atoms with Gasteiger partial charge in [0.25, 0.3) is 0 Å². The van der Waals surface area contributed by atoms with Crippen molar-refractivity contribution in [1.82, 2.24) is 5.32 Å². The van der Waals surface area contributed by atoms with Gasteiger partial charge in [-0.05, 0) is 61.9 Å². The standard InChI is InChI=1S/C16H23BrClNO/c1-2-5-19-16(8-12-3-6-20-7-4-12)13-9-14(17)11-15(18)10-13/h9-12,16,19H,2-8H2,1H3. The molecule has 0 aromatic heterocycles. The second kappa shape index (κ2) is 8.38. The van der Waals surface area contributed by atoms with Gasteiger partial charge in [0.05, 0.1) is 0 Å². The summed E-state index contributed by atoms with van der Waals surface area (Å²) in [5.41, 5.74) is 1.28. The number of ether oxygens (including phenoxy) is 1. The minimum Gasteiger partial charge on any atom is -0.381 e. The molecule has 0 spiro atoms. The quantitative estimate of drug-likeness (QED) is 0.774. The van der Waals surface area contributed by atoms with E-state index >= 15 is 0 Å². The molecule has 1 atom stereocenters. The zero-order valence-corrected chi connectivity index (χ0v) is 14.3. The van der Waals surface area contributed by atoms with E-state index < -0.39 is 0 Å². The van der Waals surface area contributed by atoms with Crippen molar-refractivity contribution in [3.05, 3.63) is 33.3 Å². The van der Waals surface area contributed by atoms with Crippen molar-refractivity contribution in [3.8, 4) is 0 Å². The molecule has 1 aromatic carbocycles. The summed E-state index contributed by atoms with van der Waals surface area (Å²) >= 11 is 9.74. The van der Waals surface area contributed by atoms with Gasteiger partial charge in [-0.3, -0.25) is 0 Å². The van der Waals surface area contributed by atoms with E-state index in [2.05, 4.69) is 40.3 Å². The minimum atomic E-state index is 0.382. The van der Waals surface area contributed by atoms with Gasteiger partial charge in [-0.15, -0.1) is 0 Å². The maximum atomic E-state index is 6.19. The fraction of sp³-hybridized carbons (Fsp3) is 0.625. The van der Waals surface area contributed by atoms with Crippen LogP contribution in [0.1, 0.15) is 44.2 Å². The summed E-state index contributed by atoms with van der Waals surface area (Å²) in [6.07, 6.45) is 4.65. The fourth-order valence-electron chi connectivity index (χ4n) is 2.75. The third-order valence-corrected chi connectivity index (χ3v) is 4.51. The highest BCUT2D eigenvalue weighted by Gasteiger charge is 2.20. The van der Waals surface area contributed by atoms with Crippen LogP contribution in [-0.4, -0.2) is 19.8 Å². The van der Waals surface area contributed by atoms with Gasteiger partial charge in [0, 0.05) is 28.8 Å². The zero-order chi connectivity index (χ0) is 14.4. The molecule has 1 heterocycles. The number of benzene rings is 1. The van der Waals surface area contributed by atoms with Crippen molar-refractivity contribution < 1.29 is 4.74 Å². The van der Waals surface area contributed by atoms with Gasteiger partial charge in [0.15, 0.2) is 0 Å². The van der Waals surface area contributed by atoms with Gasteiger partial charge < -0.3 is 10.1 Å². The first kappa shape index (κ1) is 16.3. The zero-order valence-electron chi connectivity index (χ0n) is 12.0. The van der Waals surface area contributed by atoms with Gasteiger partial charge in [0.2, 0.25) is 0 Å². The molecule has 1 aliphatic heterocycles. The van der Waals surface area contributed by atoms with Gasteiger partial charge in [-0.25, -0.2) is 0 Å². The van der Waals surface area contributed by atoms with Crippen molar-refractivity contribution >= 4 is 27.5 Å². The van der Waals surface area contributed by atoms with E-state index in [1.165, 1.54) is 18.4 Å². The Morgan fingerprint density at radius 3 is 2.75 bits per heavy atom. The van der Waals surface area contributed by atoms with Gasteiger partial charge in [0.1, 0.15) is 0 Å². The first-order valence-corrected chi connectivity index (χ1v) is 8.63. The average molecular weight is 361 g/mol. The van der Waals surface area contributed by atoms with Crippen LogP contribution in [0.25, 0.3) is 0 Å². The Hall–Kier alpha value is -0.0900. The highest BCUT2D eigenvalue weighted by molar-refractivity contribution is 9.10. The lowest BCUT2D eigenvalue weighted by atomic mass is 9.89. The lowest BCUT2D eigenvalue weighted by molar-refractivity contribution is 0.0605. The number of nitrogens with one attached hydrogen (secondary N) is 1. The molecule has 2 rings (SSSR count). The van der Waals surface area contributed by atoms with Crippen LogP contribution in [0.15, 0.2) is 22.7 Å². The van der Waals surface area contributed by atoms with Gasteiger partial charge in [-0.1, -0.05) is 34.5 Å². The van der Waals surface area contributed by atoms with Crippen molar-refractivity contribution in [1.29, 1.82) is 0 Å². The Balaban J connectivity index is 2.08. The number of hydrogen-bond donors (Lipinski definition) is 1. The summed E-state index contributed by atoms with van der Waals surface area (Å²) in [5.74, 6) is 0.746. The Labute approximate surface area is 135 Å². The SMILES string of the molecule is CCCNC(CC1CCOCC1)c1cc(Cl)cc(Br)c1. The van der Waals surface area contributed by atoms with Crippen LogP contribution in [0.5, 0.6) is 0 Å². The van der Waals surface area contributed by atoms with Crippen LogP contribution in [0.2, 0.25) is 5.02 Å². The molecule has 0 amide bonds. The number of hydrogen-bond acceptors (Lipinski definition) is 2. The molecule has 1 unspecified atom stereocenters. The number of halogens is 2. The molecule has 2 nitrogen and oxygen atoms in total. The first-order chi connectivity index (χ1) is 9.69. The summed E-state index contributed by atoms with van der Waals surface area (Å²) in [6, 6.07) is 6.58. The topological polar surface area (TPSA) is 21.3 Å². The smallest absolute Gasteiger partial charge is 0.0468 e. The monoisotopic (exact) mass is 359 g/mol. The summed E-state index contributed by atoms with van der Waals surface area (Å²) in [4.78, 5) is 0. The maximum Gasteiger partial charge on any atom is 0.0468 e. The molecule has 0 saturated carbocycles. The Kier molecular flexibility index (Phi) is 6.82. The van der Waals surface area contributed by atoms with E-state index in [4.69, 9.17) is 16.3 Å². The predicted molar refractivity (Wildman–Crippen MR) is 88.3 cm³/mol. The Morgan fingerprint density at radius 1 is 1.35 bits per heavy atom. The third-order valence-electron chi connectivity index (χ3n) is 3.84. The third kappa shape index (κ3) is 5.03. The summed E-state index contributed by atoms with van der Waals surface area (Å²) in [6.45, 7) is 5.05. The molecule has 1 N–H and O–H groups in total. The van der Waals surface area contributed by atoms with Crippen LogP contribution < -0.4 is 5.32 Å². The van der Waals surface area contributed by atoms with E-state index in [0.29, 0.717) is 6.04 Å². The highest BCUT2D eigenvalue weighted by atomic mass is 79.9. The predicted octanol–water partition coefficient (Wildman–Crippen LogP) is 4.96. The molecule has 0 aliphatic carbocycles. The van der Waals surface area contributed by atoms with E-state index in [9.17, 15) is 0 Å². The minimum absolute atomic E-state index is 0.382. The lowest BCUT2D eigenvalue weighted by Gasteiger charge is -2.28. The molecule has 112 valence electrons. The molecule has 0 bridgehead atoms. The maximum absolute atomic E-state index is 6.19. The fourth-order valence-corrected chi connectivity index (χ4v) is 3.63.